The number of ether oxygens (including phenoxy) is 1. The molecule has 0 radical (unpaired) electrons. The van der Waals surface area contributed by atoms with Crippen molar-refractivity contribution < 1.29 is 27.5 Å². The molecule has 1 N–H and O–H groups in total. The molecule has 2 heterocycles. The molecule has 1 aliphatic rings. The van der Waals surface area contributed by atoms with Crippen LogP contribution in [0.2, 0.25) is 5.02 Å². The summed E-state index contributed by atoms with van der Waals surface area (Å²) >= 11 is 6.87. The van der Waals surface area contributed by atoms with Crippen LogP contribution in [0.1, 0.15) is 17.4 Å². The van der Waals surface area contributed by atoms with Crippen molar-refractivity contribution in [2.75, 3.05) is 38.1 Å². The number of hydrogen-bond donors (Lipinski definition) is 1. The van der Waals surface area contributed by atoms with E-state index in [1.165, 1.54) is 45.8 Å². The molecule has 0 saturated carbocycles. The Bertz CT molecular complexity index is 1080. The second kappa shape index (κ2) is 9.73. The fourth-order valence-electron chi connectivity index (χ4n) is 2.80. The second-order valence-electron chi connectivity index (χ2n) is 6.53. The lowest BCUT2D eigenvalue weighted by atomic mass is 10.3. The van der Waals surface area contributed by atoms with Crippen molar-refractivity contribution in [3.63, 3.8) is 0 Å². The van der Waals surface area contributed by atoms with Crippen LogP contribution >= 0.6 is 22.9 Å². The number of nitrogens with one attached hydrogen (secondary N) is 1. The van der Waals surface area contributed by atoms with E-state index >= 15 is 0 Å². The maximum Gasteiger partial charge on any atom is 0.358 e. The average molecular weight is 487 g/mol. The number of anilines is 1. The van der Waals surface area contributed by atoms with Gasteiger partial charge in [0.1, 0.15) is 0 Å². The number of amides is 2. The summed E-state index contributed by atoms with van der Waals surface area (Å²) < 4.78 is 31.7. The maximum atomic E-state index is 12.7. The second-order valence-corrected chi connectivity index (χ2v) is 9.77. The third kappa shape index (κ3) is 5.79. The van der Waals surface area contributed by atoms with Gasteiger partial charge in [-0.1, -0.05) is 11.6 Å². The smallest absolute Gasteiger partial charge is 0.358 e. The zero-order valence-electron chi connectivity index (χ0n) is 16.4. The van der Waals surface area contributed by atoms with Gasteiger partial charge in [0.25, 0.3) is 5.91 Å². The lowest BCUT2D eigenvalue weighted by molar-refractivity contribution is -0.135. The highest BCUT2D eigenvalue weighted by Crippen LogP contribution is 2.20. The Hall–Kier alpha value is -2.54. The van der Waals surface area contributed by atoms with Gasteiger partial charge in [0.05, 0.1) is 4.90 Å². The highest BCUT2D eigenvalue weighted by Gasteiger charge is 2.30. The van der Waals surface area contributed by atoms with Crippen LogP contribution in [0.5, 0.6) is 0 Å². The van der Waals surface area contributed by atoms with Crippen molar-refractivity contribution in [3.05, 3.63) is 40.4 Å². The van der Waals surface area contributed by atoms with Crippen molar-refractivity contribution in [1.82, 2.24) is 14.2 Å². The fourth-order valence-corrected chi connectivity index (χ4v) is 5.08. The SMILES string of the molecule is CC(=O)Nc1nc(C(=O)OCC(=O)N2CCN(S(=O)(=O)c3ccc(Cl)cc3)CC2)cs1. The minimum atomic E-state index is -3.68. The molecule has 3 rings (SSSR count). The summed E-state index contributed by atoms with van der Waals surface area (Å²) in [5.41, 5.74) is -0.0135. The molecule has 1 aromatic heterocycles. The van der Waals surface area contributed by atoms with Gasteiger partial charge < -0.3 is 15.0 Å². The third-order valence-electron chi connectivity index (χ3n) is 4.37. The molecule has 13 heteroatoms. The average Bonchev–Trinajstić information content (AvgIpc) is 3.20. The molecular weight excluding hydrogens is 468 g/mol. The standard InChI is InChI=1S/C18H19ClN4O6S2/c1-12(24)20-18-21-15(11-30-18)17(26)29-10-16(25)22-6-8-23(9-7-22)31(27,28)14-4-2-13(19)3-5-14/h2-5,11H,6-10H2,1H3,(H,20,21,24). The predicted octanol–water partition coefficient (Wildman–Crippen LogP) is 1.44. The number of carbonyl (C=O) groups is 3. The zero-order valence-corrected chi connectivity index (χ0v) is 18.8. The first-order chi connectivity index (χ1) is 14.7. The molecule has 0 atom stereocenters. The first kappa shape index (κ1) is 23.1. The lowest BCUT2D eigenvalue weighted by Crippen LogP contribution is -2.51. The summed E-state index contributed by atoms with van der Waals surface area (Å²) in [5, 5.41) is 4.56. The highest BCUT2D eigenvalue weighted by molar-refractivity contribution is 7.89. The molecule has 166 valence electrons. The van der Waals surface area contributed by atoms with E-state index in [-0.39, 0.29) is 47.8 Å². The maximum absolute atomic E-state index is 12.7. The van der Waals surface area contributed by atoms with Gasteiger partial charge in [-0.3, -0.25) is 9.59 Å². The van der Waals surface area contributed by atoms with Gasteiger partial charge in [-0.25, -0.2) is 18.2 Å². The Morgan fingerprint density at radius 1 is 1.16 bits per heavy atom. The molecule has 1 aromatic carbocycles. The molecule has 2 aromatic rings. The first-order valence-electron chi connectivity index (χ1n) is 9.10. The van der Waals surface area contributed by atoms with Crippen LogP contribution in [-0.4, -0.2) is 73.2 Å². The van der Waals surface area contributed by atoms with Crippen LogP contribution in [0.3, 0.4) is 0 Å². The molecule has 1 fully saturated rings. The predicted molar refractivity (Wildman–Crippen MR) is 113 cm³/mol. The summed E-state index contributed by atoms with van der Waals surface area (Å²) in [6.45, 7) is 1.42. The van der Waals surface area contributed by atoms with Gasteiger partial charge in [0.2, 0.25) is 15.9 Å². The van der Waals surface area contributed by atoms with E-state index in [0.29, 0.717) is 5.02 Å². The number of sulfonamides is 1. The van der Waals surface area contributed by atoms with Gasteiger partial charge in [0.15, 0.2) is 17.4 Å². The van der Waals surface area contributed by atoms with Crippen molar-refractivity contribution in [3.8, 4) is 0 Å². The Morgan fingerprint density at radius 3 is 2.42 bits per heavy atom. The summed E-state index contributed by atoms with van der Waals surface area (Å²) in [6.07, 6.45) is 0. The fraction of sp³-hybridized carbons (Fsp3) is 0.333. The number of piperazine rings is 1. The number of hydrogen-bond acceptors (Lipinski definition) is 8. The van der Waals surface area contributed by atoms with Crippen molar-refractivity contribution >= 4 is 55.9 Å². The normalized spacial score (nSPS) is 14.8. The minimum absolute atomic E-state index is 0.0135. The number of benzene rings is 1. The molecule has 1 saturated heterocycles. The minimum Gasteiger partial charge on any atom is -0.451 e. The lowest BCUT2D eigenvalue weighted by Gasteiger charge is -2.33. The number of nitrogens with zero attached hydrogens (tertiary/aromatic N) is 3. The van der Waals surface area contributed by atoms with Crippen molar-refractivity contribution in [2.45, 2.75) is 11.8 Å². The highest BCUT2D eigenvalue weighted by atomic mass is 35.5. The van der Waals surface area contributed by atoms with Crippen LogP contribution in [0.25, 0.3) is 0 Å². The van der Waals surface area contributed by atoms with E-state index in [4.69, 9.17) is 16.3 Å². The topological polar surface area (TPSA) is 126 Å². The number of aromatic nitrogens is 1. The van der Waals surface area contributed by atoms with Crippen LogP contribution in [-0.2, 0) is 24.3 Å². The first-order valence-corrected chi connectivity index (χ1v) is 11.8. The number of halogens is 1. The Balaban J connectivity index is 1.50. The Kier molecular flexibility index (Phi) is 7.26. The molecule has 0 spiro atoms. The molecule has 0 unspecified atom stereocenters. The quantitative estimate of drug-likeness (QED) is 0.612. The number of esters is 1. The number of carbonyl (C=O) groups excluding carboxylic acids is 3. The van der Waals surface area contributed by atoms with Gasteiger partial charge in [-0.05, 0) is 24.3 Å². The Morgan fingerprint density at radius 2 is 1.81 bits per heavy atom. The molecule has 31 heavy (non-hydrogen) atoms. The summed E-state index contributed by atoms with van der Waals surface area (Å²) in [7, 11) is -3.68. The summed E-state index contributed by atoms with van der Waals surface area (Å²) in [5.74, 6) is -1.54. The Labute approximate surface area is 187 Å². The van der Waals surface area contributed by atoms with Gasteiger partial charge in [-0.15, -0.1) is 11.3 Å². The van der Waals surface area contributed by atoms with Crippen molar-refractivity contribution in [2.24, 2.45) is 0 Å². The molecule has 2 amide bonds. The monoisotopic (exact) mass is 486 g/mol. The van der Waals surface area contributed by atoms with Gasteiger partial charge >= 0.3 is 5.97 Å². The number of rotatable bonds is 6. The van der Waals surface area contributed by atoms with E-state index in [1.54, 1.807) is 0 Å². The van der Waals surface area contributed by atoms with Crippen LogP contribution in [0.4, 0.5) is 5.13 Å². The molecule has 0 bridgehead atoms. The van der Waals surface area contributed by atoms with E-state index in [2.05, 4.69) is 10.3 Å². The third-order valence-corrected chi connectivity index (χ3v) is 7.29. The van der Waals surface area contributed by atoms with E-state index in [0.717, 1.165) is 11.3 Å². The zero-order chi connectivity index (χ0) is 22.6. The summed E-state index contributed by atoms with van der Waals surface area (Å²) in [4.78, 5) is 40.9. The van der Waals surface area contributed by atoms with Crippen LogP contribution in [0.15, 0.2) is 34.5 Å². The summed E-state index contributed by atoms with van der Waals surface area (Å²) in [6, 6.07) is 5.88. The number of thiazole rings is 1. The van der Waals surface area contributed by atoms with Gasteiger partial charge in [0, 0.05) is 43.5 Å². The largest absolute Gasteiger partial charge is 0.451 e. The molecule has 10 nitrogen and oxygen atoms in total. The van der Waals surface area contributed by atoms with Crippen LogP contribution in [0, 0.1) is 0 Å². The molecular formula is C18H19ClN4O6S2. The molecule has 1 aliphatic heterocycles. The van der Waals surface area contributed by atoms with Crippen molar-refractivity contribution in [1.29, 1.82) is 0 Å². The van der Waals surface area contributed by atoms with Crippen LogP contribution < -0.4 is 5.32 Å². The van der Waals surface area contributed by atoms with E-state index < -0.39 is 28.5 Å². The van der Waals surface area contributed by atoms with E-state index in [1.807, 2.05) is 0 Å². The van der Waals surface area contributed by atoms with Gasteiger partial charge in [-0.2, -0.15) is 4.31 Å². The molecule has 0 aliphatic carbocycles. The van der Waals surface area contributed by atoms with E-state index in [9.17, 15) is 22.8 Å².